The molecule has 1 aliphatic rings. The molecule has 8 nitrogen and oxygen atoms in total. The van der Waals surface area contributed by atoms with Crippen molar-refractivity contribution in [2.75, 3.05) is 19.6 Å². The molecule has 0 unspecified atom stereocenters. The van der Waals surface area contributed by atoms with Crippen LogP contribution in [0, 0.1) is 0 Å². The van der Waals surface area contributed by atoms with Gasteiger partial charge in [0.1, 0.15) is 0 Å². The number of para-hydroxylation sites is 2. The van der Waals surface area contributed by atoms with Crippen molar-refractivity contribution >= 4 is 41.8 Å². The van der Waals surface area contributed by atoms with Crippen LogP contribution < -0.4 is 10.6 Å². The Bertz CT molecular complexity index is 889. The number of nitrogens with zero attached hydrogens (tertiary/aromatic N) is 5. The fourth-order valence-corrected chi connectivity index (χ4v) is 3.36. The van der Waals surface area contributed by atoms with E-state index < -0.39 is 0 Å². The lowest BCUT2D eigenvalue weighted by Gasteiger charge is -2.22. The van der Waals surface area contributed by atoms with E-state index in [0.29, 0.717) is 18.3 Å². The van der Waals surface area contributed by atoms with Gasteiger partial charge in [-0.15, -0.1) is 29.9 Å². The minimum atomic E-state index is -0.166. The molecule has 152 valence electrons. The van der Waals surface area contributed by atoms with Gasteiger partial charge < -0.3 is 15.2 Å². The van der Waals surface area contributed by atoms with Crippen LogP contribution >= 0.6 is 24.8 Å². The lowest BCUT2D eigenvalue weighted by atomic mass is 10.1. The third-order valence-electron chi connectivity index (χ3n) is 4.81. The first-order valence-electron chi connectivity index (χ1n) is 9.12. The largest absolute Gasteiger partial charge is 0.351 e. The summed E-state index contributed by atoms with van der Waals surface area (Å²) >= 11 is 0. The van der Waals surface area contributed by atoms with Crippen LogP contribution in [-0.2, 0) is 6.54 Å². The van der Waals surface area contributed by atoms with Gasteiger partial charge in [-0.2, -0.15) is 0 Å². The van der Waals surface area contributed by atoms with Crippen LogP contribution in [0.4, 0.5) is 0 Å². The maximum atomic E-state index is 12.3. The smallest absolute Gasteiger partial charge is 0.273 e. The molecule has 3 heterocycles. The van der Waals surface area contributed by atoms with Gasteiger partial charge in [0, 0.05) is 13.1 Å². The topological polar surface area (TPSA) is 89.7 Å². The van der Waals surface area contributed by atoms with Gasteiger partial charge in [0.15, 0.2) is 5.69 Å². The summed E-state index contributed by atoms with van der Waals surface area (Å²) < 4.78 is 3.93. The number of amides is 1. The fraction of sp³-hybridized carbons (Fsp3) is 0.444. The third-order valence-corrected chi connectivity index (χ3v) is 4.81. The molecule has 1 fully saturated rings. The maximum absolute atomic E-state index is 12.3. The first-order valence-corrected chi connectivity index (χ1v) is 9.12. The van der Waals surface area contributed by atoms with Gasteiger partial charge in [-0.1, -0.05) is 17.3 Å². The van der Waals surface area contributed by atoms with E-state index in [1.54, 1.807) is 6.20 Å². The predicted molar refractivity (Wildman–Crippen MR) is 112 cm³/mol. The first-order chi connectivity index (χ1) is 12.8. The SMILES string of the molecule is Cl.Cl.O=C(NCCCn1cnc2ccccc21)c1cn(C2CCNCC2)nn1. The molecule has 10 heteroatoms. The van der Waals surface area contributed by atoms with Crippen molar-refractivity contribution in [1.82, 2.24) is 35.2 Å². The molecule has 0 spiro atoms. The van der Waals surface area contributed by atoms with Gasteiger partial charge in [0.05, 0.1) is 29.6 Å². The molecule has 28 heavy (non-hydrogen) atoms. The van der Waals surface area contributed by atoms with E-state index in [1.165, 1.54) is 0 Å². The Kier molecular flexibility index (Phi) is 8.22. The van der Waals surface area contributed by atoms with Crippen LogP contribution in [0.1, 0.15) is 35.8 Å². The third kappa shape index (κ3) is 5.01. The number of benzene rings is 1. The minimum absolute atomic E-state index is 0. The Hall–Kier alpha value is -2.16. The van der Waals surface area contributed by atoms with Crippen molar-refractivity contribution in [2.45, 2.75) is 31.8 Å². The lowest BCUT2D eigenvalue weighted by Crippen LogP contribution is -2.29. The average Bonchev–Trinajstić information content (AvgIpc) is 3.33. The predicted octanol–water partition coefficient (Wildman–Crippen LogP) is 2.22. The number of imidazole rings is 1. The number of aromatic nitrogens is 5. The number of hydrogen-bond donors (Lipinski definition) is 2. The average molecular weight is 426 g/mol. The van der Waals surface area contributed by atoms with Crippen LogP contribution in [0.3, 0.4) is 0 Å². The molecule has 0 atom stereocenters. The highest BCUT2D eigenvalue weighted by Crippen LogP contribution is 2.17. The highest BCUT2D eigenvalue weighted by molar-refractivity contribution is 5.91. The molecule has 1 aromatic carbocycles. The summed E-state index contributed by atoms with van der Waals surface area (Å²) in [6, 6.07) is 8.38. The molecule has 3 aromatic rings. The highest BCUT2D eigenvalue weighted by atomic mass is 35.5. The number of halogens is 2. The molecule has 4 rings (SSSR count). The number of carbonyl (C=O) groups excluding carboxylic acids is 1. The van der Waals surface area contributed by atoms with E-state index in [-0.39, 0.29) is 30.7 Å². The number of carbonyl (C=O) groups is 1. The molecule has 0 saturated carbocycles. The van der Waals surface area contributed by atoms with Gasteiger partial charge in [-0.05, 0) is 44.5 Å². The van der Waals surface area contributed by atoms with Crippen LogP contribution in [0.15, 0.2) is 36.8 Å². The van der Waals surface area contributed by atoms with Crippen LogP contribution in [0.5, 0.6) is 0 Å². The van der Waals surface area contributed by atoms with Crippen molar-refractivity contribution in [2.24, 2.45) is 0 Å². The zero-order valence-electron chi connectivity index (χ0n) is 15.5. The Morgan fingerprint density at radius 3 is 2.82 bits per heavy atom. The molecule has 0 aliphatic carbocycles. The van der Waals surface area contributed by atoms with Crippen LogP contribution in [0.2, 0.25) is 0 Å². The van der Waals surface area contributed by atoms with E-state index in [2.05, 4.69) is 36.6 Å². The molecular weight excluding hydrogens is 401 g/mol. The van der Waals surface area contributed by atoms with Crippen molar-refractivity contribution in [3.05, 3.63) is 42.5 Å². The normalized spacial score (nSPS) is 14.3. The van der Waals surface area contributed by atoms with E-state index in [0.717, 1.165) is 49.9 Å². The number of piperidine rings is 1. The Labute approximate surface area is 175 Å². The number of nitrogens with one attached hydrogen (secondary N) is 2. The maximum Gasteiger partial charge on any atom is 0.273 e. The van der Waals surface area contributed by atoms with Crippen molar-refractivity contribution in [3.8, 4) is 0 Å². The molecule has 0 bridgehead atoms. The van der Waals surface area contributed by atoms with Gasteiger partial charge in [-0.3, -0.25) is 4.79 Å². The lowest BCUT2D eigenvalue weighted by molar-refractivity contribution is 0.0947. The Morgan fingerprint density at radius 2 is 2.00 bits per heavy atom. The molecular formula is C18H25Cl2N7O. The summed E-state index contributed by atoms with van der Waals surface area (Å²) in [5, 5.41) is 14.4. The summed E-state index contributed by atoms with van der Waals surface area (Å²) in [6.07, 6.45) is 6.47. The molecule has 2 aromatic heterocycles. The molecule has 1 amide bonds. The Morgan fingerprint density at radius 1 is 1.21 bits per heavy atom. The Balaban J connectivity index is 0.00000140. The summed E-state index contributed by atoms with van der Waals surface area (Å²) in [7, 11) is 0. The minimum Gasteiger partial charge on any atom is -0.351 e. The van der Waals surface area contributed by atoms with Crippen molar-refractivity contribution in [3.63, 3.8) is 0 Å². The molecule has 0 radical (unpaired) electrons. The van der Waals surface area contributed by atoms with E-state index >= 15 is 0 Å². The summed E-state index contributed by atoms with van der Waals surface area (Å²) in [5.41, 5.74) is 2.49. The number of aryl methyl sites for hydroxylation is 1. The van der Waals surface area contributed by atoms with E-state index in [1.807, 2.05) is 29.2 Å². The quantitative estimate of drug-likeness (QED) is 0.590. The summed E-state index contributed by atoms with van der Waals surface area (Å²) in [4.78, 5) is 16.6. The second kappa shape index (κ2) is 10.4. The van der Waals surface area contributed by atoms with E-state index in [4.69, 9.17) is 0 Å². The van der Waals surface area contributed by atoms with Crippen molar-refractivity contribution < 1.29 is 4.79 Å². The second-order valence-corrected chi connectivity index (χ2v) is 6.60. The van der Waals surface area contributed by atoms with Gasteiger partial charge in [-0.25, -0.2) is 9.67 Å². The second-order valence-electron chi connectivity index (χ2n) is 6.60. The molecule has 1 saturated heterocycles. The molecule has 1 aliphatic heterocycles. The number of rotatable bonds is 6. The number of hydrogen-bond acceptors (Lipinski definition) is 5. The zero-order valence-corrected chi connectivity index (χ0v) is 17.1. The highest BCUT2D eigenvalue weighted by Gasteiger charge is 2.18. The summed E-state index contributed by atoms with van der Waals surface area (Å²) in [6.45, 7) is 3.36. The number of fused-ring (bicyclic) bond motifs is 1. The monoisotopic (exact) mass is 425 g/mol. The fourth-order valence-electron chi connectivity index (χ4n) is 3.36. The van der Waals surface area contributed by atoms with Crippen LogP contribution in [0.25, 0.3) is 11.0 Å². The van der Waals surface area contributed by atoms with Crippen molar-refractivity contribution in [1.29, 1.82) is 0 Å². The van der Waals surface area contributed by atoms with Gasteiger partial charge in [0.2, 0.25) is 0 Å². The molecule has 2 N–H and O–H groups in total. The van der Waals surface area contributed by atoms with Crippen LogP contribution in [-0.4, -0.2) is 50.1 Å². The first kappa shape index (κ1) is 22.1. The summed E-state index contributed by atoms with van der Waals surface area (Å²) in [5.74, 6) is -0.166. The van der Waals surface area contributed by atoms with Gasteiger partial charge in [0.25, 0.3) is 5.91 Å². The van der Waals surface area contributed by atoms with E-state index in [9.17, 15) is 4.79 Å². The zero-order chi connectivity index (χ0) is 17.8. The standard InChI is InChI=1S/C18H23N7O.2ClH/c26-18(16-12-25(23-22-16)14-6-9-19-10-7-14)20-8-3-11-24-13-21-15-4-1-2-5-17(15)24;;/h1-2,4-5,12-14,19H,3,6-11H2,(H,20,26);2*1H. The van der Waals surface area contributed by atoms with Gasteiger partial charge >= 0.3 is 0 Å².